The van der Waals surface area contributed by atoms with Crippen LogP contribution in [0.15, 0.2) is 36.9 Å². The minimum atomic E-state index is -1.39. The van der Waals surface area contributed by atoms with Gasteiger partial charge in [-0.25, -0.2) is 20.8 Å². The average Bonchev–Trinajstić information content (AvgIpc) is 3.49. The van der Waals surface area contributed by atoms with Gasteiger partial charge in [0.15, 0.2) is 23.2 Å². The molecule has 3 heterocycles. The number of ether oxygens (including phenoxy) is 1. The molecule has 1 saturated heterocycles. The van der Waals surface area contributed by atoms with Crippen LogP contribution in [-0.2, 0) is 31.2 Å². The number of carbonyl (C=O) groups is 2. The fraction of sp³-hybridized carbons (Fsp3) is 0.458. The van der Waals surface area contributed by atoms with Gasteiger partial charge in [0.2, 0.25) is 5.91 Å². The lowest BCUT2D eigenvalue weighted by Crippen LogP contribution is -2.50. The Bertz CT molecular complexity index is 1280. The maximum absolute atomic E-state index is 11.6. The van der Waals surface area contributed by atoms with Crippen LogP contribution >= 0.6 is 0 Å². The highest BCUT2D eigenvalue weighted by Crippen LogP contribution is 2.44. The number of nitrogens with two attached hydrogens (primary N) is 1. The first kappa shape index (κ1) is 27.3. The van der Waals surface area contributed by atoms with E-state index in [2.05, 4.69) is 25.8 Å². The first-order valence-electron chi connectivity index (χ1n) is 12.2. The van der Waals surface area contributed by atoms with E-state index in [9.17, 15) is 19.8 Å². The molecular formula is C24H31N7O7. The van der Waals surface area contributed by atoms with E-state index >= 15 is 0 Å². The number of carbonyl (C=O) groups excluding carboxylic acids is 1. The van der Waals surface area contributed by atoms with Crippen LogP contribution < -0.4 is 16.7 Å². The average molecular weight is 530 g/mol. The number of aliphatic carboxylic acids is 1. The normalized spacial score (nSPS) is 22.8. The number of aromatic nitrogens is 4. The molecule has 1 fully saturated rings. The summed E-state index contributed by atoms with van der Waals surface area (Å²) >= 11 is 0. The van der Waals surface area contributed by atoms with Crippen LogP contribution in [0, 0.1) is 0 Å². The summed E-state index contributed by atoms with van der Waals surface area (Å²) in [6, 6.07) is 7.02. The lowest BCUT2D eigenvalue weighted by Gasteiger charge is -2.37. The number of imidazole rings is 1. The summed E-state index contributed by atoms with van der Waals surface area (Å²) in [5, 5.41) is 31.0. The summed E-state index contributed by atoms with van der Waals surface area (Å²) in [6.07, 6.45) is -1.39. The number of anilines is 1. The van der Waals surface area contributed by atoms with Gasteiger partial charge in [-0.3, -0.25) is 29.8 Å². The topological polar surface area (TPSA) is 207 Å². The molecule has 1 amide bonds. The van der Waals surface area contributed by atoms with Crippen molar-refractivity contribution < 1.29 is 34.5 Å². The molecule has 5 atom stereocenters. The monoisotopic (exact) mass is 529 g/mol. The largest absolute Gasteiger partial charge is 0.481 e. The van der Waals surface area contributed by atoms with Crippen molar-refractivity contribution in [2.24, 2.45) is 5.90 Å². The molecule has 14 heteroatoms. The molecule has 0 radical (unpaired) electrons. The van der Waals surface area contributed by atoms with E-state index in [-0.39, 0.29) is 31.0 Å². The quantitative estimate of drug-likeness (QED) is 0.188. The molecule has 1 aliphatic rings. The first-order chi connectivity index (χ1) is 18.2. The van der Waals surface area contributed by atoms with Crippen molar-refractivity contribution >= 4 is 28.9 Å². The molecule has 14 nitrogen and oxygen atoms in total. The minimum absolute atomic E-state index is 0.00535. The third-order valence-electron chi connectivity index (χ3n) is 6.78. The Morgan fingerprint density at radius 1 is 1.16 bits per heavy atom. The van der Waals surface area contributed by atoms with Crippen LogP contribution in [0.4, 0.5) is 5.82 Å². The van der Waals surface area contributed by atoms with Crippen LogP contribution in [0.2, 0.25) is 0 Å². The number of aliphatic hydroxyl groups excluding tert-OH is 2. The smallest absolute Gasteiger partial charge is 0.303 e. The Hall–Kier alpha value is -3.69. The Balaban J connectivity index is 1.62. The molecule has 1 aromatic carbocycles. The van der Waals surface area contributed by atoms with Gasteiger partial charge in [-0.1, -0.05) is 38.1 Å². The van der Waals surface area contributed by atoms with Crippen LogP contribution in [0.3, 0.4) is 0 Å². The van der Waals surface area contributed by atoms with Gasteiger partial charge in [0.25, 0.3) is 0 Å². The Morgan fingerprint density at radius 2 is 1.89 bits per heavy atom. The fourth-order valence-electron chi connectivity index (χ4n) is 4.61. The molecular weight excluding hydrogens is 498 g/mol. The number of carboxylic acids is 1. The van der Waals surface area contributed by atoms with E-state index in [0.29, 0.717) is 23.1 Å². The molecule has 3 aromatic rings. The van der Waals surface area contributed by atoms with Crippen molar-refractivity contribution in [3.63, 3.8) is 0 Å². The first-order valence-corrected chi connectivity index (χ1v) is 12.2. The van der Waals surface area contributed by atoms with E-state index in [1.165, 1.54) is 17.2 Å². The van der Waals surface area contributed by atoms with Crippen molar-refractivity contribution in [3.05, 3.63) is 48.0 Å². The molecule has 0 bridgehead atoms. The van der Waals surface area contributed by atoms with E-state index < -0.39 is 36.1 Å². The van der Waals surface area contributed by atoms with Crippen LogP contribution in [0.5, 0.6) is 0 Å². The summed E-state index contributed by atoms with van der Waals surface area (Å²) in [5.41, 5.74) is 5.89. The van der Waals surface area contributed by atoms with Crippen molar-refractivity contribution in [2.75, 3.05) is 5.43 Å². The highest BCUT2D eigenvalue weighted by molar-refractivity contribution is 5.84. The number of hydrazine groups is 1. The summed E-state index contributed by atoms with van der Waals surface area (Å²) in [6.45, 7) is 3.51. The number of aliphatic hydroxyl groups is 2. The number of amides is 1. The van der Waals surface area contributed by atoms with Crippen molar-refractivity contribution in [2.45, 2.75) is 69.7 Å². The predicted molar refractivity (Wildman–Crippen MR) is 133 cm³/mol. The summed E-state index contributed by atoms with van der Waals surface area (Å²) < 4.78 is 7.66. The van der Waals surface area contributed by atoms with Gasteiger partial charge in [-0.05, 0) is 24.0 Å². The molecule has 0 saturated carbocycles. The van der Waals surface area contributed by atoms with Crippen LogP contribution in [0.1, 0.15) is 50.5 Å². The SMILES string of the molecule is CCC(=O)NNc1ncnc2c1ncn2[C@@H]1O[C@H](C(CC)(ON)c2ccc(CCC(=O)O)cc2)[C@@H](O)[C@H]1O. The molecule has 1 aliphatic heterocycles. The number of benzene rings is 1. The second-order valence-electron chi connectivity index (χ2n) is 8.95. The number of aryl methyl sites for hydroxylation is 1. The fourth-order valence-corrected chi connectivity index (χ4v) is 4.61. The predicted octanol–water partition coefficient (Wildman–Crippen LogP) is 0.512. The highest BCUT2D eigenvalue weighted by atomic mass is 16.7. The summed E-state index contributed by atoms with van der Waals surface area (Å²) in [5.74, 6) is 4.89. The lowest BCUT2D eigenvalue weighted by molar-refractivity contribution is -0.179. The number of hydrogen-bond acceptors (Lipinski definition) is 11. The van der Waals surface area contributed by atoms with Gasteiger partial charge in [-0.15, -0.1) is 0 Å². The van der Waals surface area contributed by atoms with Crippen molar-refractivity contribution in [3.8, 4) is 0 Å². The van der Waals surface area contributed by atoms with E-state index in [1.807, 2.05) is 6.92 Å². The Kier molecular flexibility index (Phi) is 8.18. The number of rotatable bonds is 11. The van der Waals surface area contributed by atoms with Gasteiger partial charge in [0, 0.05) is 12.8 Å². The molecule has 204 valence electrons. The number of hydrogen-bond donors (Lipinski definition) is 6. The minimum Gasteiger partial charge on any atom is -0.481 e. The third kappa shape index (κ3) is 5.04. The van der Waals surface area contributed by atoms with Crippen LogP contribution in [-0.4, -0.2) is 65.0 Å². The van der Waals surface area contributed by atoms with Gasteiger partial charge < -0.3 is 20.1 Å². The number of fused-ring (bicyclic) bond motifs is 1. The van der Waals surface area contributed by atoms with Gasteiger partial charge in [0.05, 0.1) is 6.33 Å². The van der Waals surface area contributed by atoms with E-state index in [0.717, 1.165) is 5.56 Å². The molecule has 7 N–H and O–H groups in total. The van der Waals surface area contributed by atoms with Gasteiger partial charge in [0.1, 0.15) is 30.2 Å². The Morgan fingerprint density at radius 3 is 2.53 bits per heavy atom. The van der Waals surface area contributed by atoms with Crippen LogP contribution in [0.25, 0.3) is 11.2 Å². The molecule has 4 rings (SSSR count). The number of nitrogens with zero attached hydrogens (tertiary/aromatic N) is 4. The Labute approximate surface area is 217 Å². The lowest BCUT2D eigenvalue weighted by atomic mass is 9.82. The zero-order chi connectivity index (χ0) is 27.4. The molecule has 2 aromatic heterocycles. The summed E-state index contributed by atoms with van der Waals surface area (Å²) in [7, 11) is 0. The summed E-state index contributed by atoms with van der Waals surface area (Å²) in [4.78, 5) is 40.6. The van der Waals surface area contributed by atoms with E-state index in [1.54, 1.807) is 31.2 Å². The van der Waals surface area contributed by atoms with Gasteiger partial charge in [-0.2, -0.15) is 0 Å². The number of carboxylic acid groups (broad SMARTS) is 1. The molecule has 0 aliphatic carbocycles. The maximum atomic E-state index is 11.6. The highest BCUT2D eigenvalue weighted by Gasteiger charge is 2.55. The van der Waals surface area contributed by atoms with Crippen molar-refractivity contribution in [1.29, 1.82) is 0 Å². The number of nitrogens with one attached hydrogen (secondary N) is 2. The standard InChI is InChI=1S/C24H31N7O7/c1-3-15(32)29-30-21-17-22(27-11-26-21)31(12-28-17)23-19(36)18(35)20(37-23)24(4-2,38-25)14-8-5-13(6-9-14)7-10-16(33)34/h5-6,8-9,11-12,18-20,23,35-36H,3-4,7,10,25H2,1-2H3,(H,29,32)(H,33,34)(H,26,27,30)/t18-,19+,20-,23+,24?/m0/s1. The second kappa shape index (κ2) is 11.4. The van der Waals surface area contributed by atoms with Crippen molar-refractivity contribution in [1.82, 2.24) is 24.9 Å². The van der Waals surface area contributed by atoms with Gasteiger partial charge >= 0.3 is 5.97 Å². The molecule has 1 unspecified atom stereocenters. The zero-order valence-corrected chi connectivity index (χ0v) is 20.9. The molecule has 0 spiro atoms. The maximum Gasteiger partial charge on any atom is 0.303 e. The molecule has 38 heavy (non-hydrogen) atoms. The third-order valence-corrected chi connectivity index (χ3v) is 6.78. The second-order valence-corrected chi connectivity index (χ2v) is 8.95. The van der Waals surface area contributed by atoms with E-state index in [4.69, 9.17) is 20.6 Å². The zero-order valence-electron chi connectivity index (χ0n) is 20.9.